The molecule has 3 heterocycles. The summed E-state index contributed by atoms with van der Waals surface area (Å²) in [6, 6.07) is 3.75. The Morgan fingerprint density at radius 2 is 2.03 bits per heavy atom. The molecule has 8 heteroatoms. The van der Waals surface area contributed by atoms with Crippen LogP contribution in [-0.4, -0.2) is 37.6 Å². The number of amides is 1. The first-order chi connectivity index (χ1) is 14.3. The van der Waals surface area contributed by atoms with Crippen molar-refractivity contribution in [1.29, 1.82) is 0 Å². The normalized spacial score (nSPS) is 15.8. The van der Waals surface area contributed by atoms with Gasteiger partial charge in [-0.05, 0) is 37.0 Å². The predicted octanol–water partition coefficient (Wildman–Crippen LogP) is 4.46. The third-order valence-corrected chi connectivity index (χ3v) is 6.20. The van der Waals surface area contributed by atoms with E-state index in [1.54, 1.807) is 17.2 Å². The van der Waals surface area contributed by atoms with Gasteiger partial charge in [-0.1, -0.05) is 63.7 Å². The van der Waals surface area contributed by atoms with Crippen LogP contribution in [0.1, 0.15) is 51.2 Å². The van der Waals surface area contributed by atoms with Crippen LogP contribution in [0.3, 0.4) is 0 Å². The molecule has 1 aliphatic rings. The Balaban J connectivity index is 2.04. The van der Waals surface area contributed by atoms with Gasteiger partial charge in [-0.25, -0.2) is 4.98 Å². The Labute approximate surface area is 186 Å². The molecule has 0 unspecified atom stereocenters. The molecule has 0 atom stereocenters. The van der Waals surface area contributed by atoms with Gasteiger partial charge in [-0.3, -0.25) is 18.9 Å². The molecule has 1 fully saturated rings. The van der Waals surface area contributed by atoms with E-state index in [1.165, 1.54) is 16.2 Å². The number of rotatable bonds is 8. The number of hydrogen-bond donors (Lipinski definition) is 1. The van der Waals surface area contributed by atoms with E-state index < -0.39 is 0 Å². The van der Waals surface area contributed by atoms with Gasteiger partial charge in [0.05, 0.1) is 10.5 Å². The van der Waals surface area contributed by atoms with Gasteiger partial charge in [-0.2, -0.15) is 0 Å². The Kier molecular flexibility index (Phi) is 7.31. The SMILES string of the molecule is CCCCCN1C(=O)/C(=C/c2c(NCC(C)C)nc3ccc(C)cn3c2=O)SC1=S. The Bertz CT molecular complexity index is 1060. The highest BCUT2D eigenvalue weighted by Gasteiger charge is 2.32. The lowest BCUT2D eigenvalue weighted by Gasteiger charge is -2.14. The first kappa shape index (κ1) is 22.5. The van der Waals surface area contributed by atoms with Crippen molar-refractivity contribution in [2.24, 2.45) is 5.92 Å². The average Bonchev–Trinajstić information content (AvgIpc) is 2.96. The number of nitrogens with one attached hydrogen (secondary N) is 1. The fraction of sp³-hybridized carbons (Fsp3) is 0.455. The molecule has 0 bridgehead atoms. The number of fused-ring (bicyclic) bond motifs is 1. The largest absolute Gasteiger partial charge is 0.369 e. The maximum absolute atomic E-state index is 13.3. The van der Waals surface area contributed by atoms with Crippen LogP contribution in [0.2, 0.25) is 0 Å². The summed E-state index contributed by atoms with van der Waals surface area (Å²) in [5.41, 5.74) is 1.71. The van der Waals surface area contributed by atoms with Crippen molar-refractivity contribution >= 4 is 51.7 Å². The molecule has 2 aromatic heterocycles. The van der Waals surface area contributed by atoms with Crippen molar-refractivity contribution in [2.75, 3.05) is 18.4 Å². The molecular weight excluding hydrogens is 416 g/mol. The van der Waals surface area contributed by atoms with Crippen molar-refractivity contribution in [3.05, 3.63) is 44.7 Å². The van der Waals surface area contributed by atoms with Crippen molar-refractivity contribution in [3.8, 4) is 0 Å². The molecular formula is C22H28N4O2S2. The van der Waals surface area contributed by atoms with Gasteiger partial charge in [0.15, 0.2) is 0 Å². The van der Waals surface area contributed by atoms with E-state index in [-0.39, 0.29) is 11.5 Å². The molecule has 3 rings (SSSR count). The molecule has 1 saturated heterocycles. The van der Waals surface area contributed by atoms with Crippen molar-refractivity contribution in [2.45, 2.75) is 47.0 Å². The van der Waals surface area contributed by atoms with E-state index in [0.29, 0.717) is 45.3 Å². The van der Waals surface area contributed by atoms with E-state index in [1.807, 2.05) is 19.1 Å². The van der Waals surface area contributed by atoms with Crippen molar-refractivity contribution < 1.29 is 4.79 Å². The number of thiocarbonyl (C=S) groups is 1. The molecule has 0 radical (unpaired) electrons. The standard InChI is InChI=1S/C22H28N4O2S2/c1-5-6-7-10-25-21(28)17(30-22(25)29)11-16-19(23-12-14(2)3)24-18-9-8-15(4)13-26(18)20(16)27/h8-9,11,13-14,23H,5-7,10,12H2,1-4H3/b17-11-. The topological polar surface area (TPSA) is 66.7 Å². The predicted molar refractivity (Wildman–Crippen MR) is 129 cm³/mol. The number of pyridine rings is 1. The number of aromatic nitrogens is 2. The van der Waals surface area contributed by atoms with Crippen LogP contribution < -0.4 is 10.9 Å². The summed E-state index contributed by atoms with van der Waals surface area (Å²) in [6.45, 7) is 9.52. The minimum Gasteiger partial charge on any atom is -0.369 e. The fourth-order valence-electron chi connectivity index (χ4n) is 3.17. The molecule has 6 nitrogen and oxygen atoms in total. The minimum atomic E-state index is -0.203. The van der Waals surface area contributed by atoms with Crippen molar-refractivity contribution in [1.82, 2.24) is 14.3 Å². The van der Waals surface area contributed by atoms with Crippen LogP contribution in [0.25, 0.3) is 11.7 Å². The van der Waals surface area contributed by atoms with E-state index >= 15 is 0 Å². The van der Waals surface area contributed by atoms with E-state index in [2.05, 4.69) is 31.1 Å². The smallest absolute Gasteiger partial charge is 0.267 e. The summed E-state index contributed by atoms with van der Waals surface area (Å²) in [5, 5.41) is 3.28. The van der Waals surface area contributed by atoms with Gasteiger partial charge in [-0.15, -0.1) is 0 Å². The summed E-state index contributed by atoms with van der Waals surface area (Å²) >= 11 is 6.67. The van der Waals surface area contributed by atoms with Crippen LogP contribution >= 0.6 is 24.0 Å². The maximum atomic E-state index is 13.3. The number of anilines is 1. The summed E-state index contributed by atoms with van der Waals surface area (Å²) in [5.74, 6) is 0.742. The van der Waals surface area contributed by atoms with E-state index in [0.717, 1.165) is 24.8 Å². The molecule has 1 aliphatic heterocycles. The average molecular weight is 445 g/mol. The molecule has 160 valence electrons. The number of aryl methyl sites for hydroxylation is 1. The number of carbonyl (C=O) groups excluding carboxylic acids is 1. The van der Waals surface area contributed by atoms with Crippen molar-refractivity contribution in [3.63, 3.8) is 0 Å². The Morgan fingerprint density at radius 3 is 2.73 bits per heavy atom. The van der Waals surface area contributed by atoms with Gasteiger partial charge in [0.2, 0.25) is 0 Å². The van der Waals surface area contributed by atoms with Crippen LogP contribution in [0.4, 0.5) is 5.82 Å². The zero-order valence-corrected chi connectivity index (χ0v) is 19.5. The number of carbonyl (C=O) groups is 1. The second-order valence-electron chi connectivity index (χ2n) is 7.93. The first-order valence-corrected chi connectivity index (χ1v) is 11.6. The Morgan fingerprint density at radius 1 is 1.27 bits per heavy atom. The highest BCUT2D eigenvalue weighted by Crippen LogP contribution is 2.33. The summed E-state index contributed by atoms with van der Waals surface area (Å²) in [6.07, 6.45) is 6.45. The summed E-state index contributed by atoms with van der Waals surface area (Å²) < 4.78 is 2.08. The number of hydrogen-bond acceptors (Lipinski definition) is 6. The zero-order chi connectivity index (χ0) is 21.8. The Hall–Kier alpha value is -2.19. The lowest BCUT2D eigenvalue weighted by atomic mass is 10.2. The van der Waals surface area contributed by atoms with Crippen LogP contribution in [0.15, 0.2) is 28.0 Å². The third-order valence-electron chi connectivity index (χ3n) is 4.82. The van der Waals surface area contributed by atoms with Gasteiger partial charge in [0, 0.05) is 19.3 Å². The van der Waals surface area contributed by atoms with E-state index in [9.17, 15) is 9.59 Å². The number of nitrogens with zero attached hydrogens (tertiary/aromatic N) is 3. The second kappa shape index (κ2) is 9.75. The lowest BCUT2D eigenvalue weighted by molar-refractivity contribution is -0.122. The molecule has 2 aromatic rings. The number of unbranched alkanes of at least 4 members (excludes halogenated alkanes) is 2. The zero-order valence-electron chi connectivity index (χ0n) is 17.9. The van der Waals surface area contributed by atoms with Gasteiger partial charge >= 0.3 is 0 Å². The van der Waals surface area contributed by atoms with Crippen LogP contribution in [0, 0.1) is 12.8 Å². The fourth-order valence-corrected chi connectivity index (χ4v) is 4.46. The summed E-state index contributed by atoms with van der Waals surface area (Å²) in [4.78, 5) is 33.0. The van der Waals surface area contributed by atoms with E-state index in [4.69, 9.17) is 12.2 Å². The molecule has 0 aromatic carbocycles. The second-order valence-corrected chi connectivity index (χ2v) is 9.60. The number of thioether (sulfide) groups is 1. The molecule has 30 heavy (non-hydrogen) atoms. The highest BCUT2D eigenvalue weighted by molar-refractivity contribution is 8.26. The monoisotopic (exact) mass is 444 g/mol. The highest BCUT2D eigenvalue weighted by atomic mass is 32.2. The van der Waals surface area contributed by atoms with Crippen LogP contribution in [-0.2, 0) is 4.79 Å². The molecule has 1 N–H and O–H groups in total. The maximum Gasteiger partial charge on any atom is 0.267 e. The van der Waals surface area contributed by atoms with Gasteiger partial charge in [0.25, 0.3) is 11.5 Å². The first-order valence-electron chi connectivity index (χ1n) is 10.3. The summed E-state index contributed by atoms with van der Waals surface area (Å²) in [7, 11) is 0. The van der Waals surface area contributed by atoms with Gasteiger partial charge < -0.3 is 5.32 Å². The molecule has 0 spiro atoms. The molecule has 0 saturated carbocycles. The molecule has 0 aliphatic carbocycles. The minimum absolute atomic E-state index is 0.135. The van der Waals surface area contributed by atoms with Gasteiger partial charge in [0.1, 0.15) is 15.8 Å². The van der Waals surface area contributed by atoms with Crippen LogP contribution in [0.5, 0.6) is 0 Å². The quantitative estimate of drug-likeness (QED) is 0.368. The molecule has 1 amide bonds. The third kappa shape index (κ3) is 4.92. The lowest BCUT2D eigenvalue weighted by Crippen LogP contribution is -2.29.